The highest BCUT2D eigenvalue weighted by molar-refractivity contribution is 5.79. The van der Waals surface area contributed by atoms with E-state index < -0.39 is 11.2 Å². The minimum atomic E-state index is -0.463. The first-order valence-electron chi connectivity index (χ1n) is 10.4. The number of imidazole rings is 1. The zero-order valence-corrected chi connectivity index (χ0v) is 17.9. The van der Waals surface area contributed by atoms with Crippen LogP contribution >= 0.6 is 0 Å². The van der Waals surface area contributed by atoms with Crippen molar-refractivity contribution < 1.29 is 4.79 Å². The van der Waals surface area contributed by atoms with Crippen molar-refractivity contribution >= 4 is 17.1 Å². The molecule has 1 amide bonds. The average Bonchev–Trinajstić information content (AvgIpc) is 3.35. The molecule has 5 rings (SSSR count). The Morgan fingerprint density at radius 3 is 2.62 bits per heavy atom. The van der Waals surface area contributed by atoms with Gasteiger partial charge < -0.3 is 9.47 Å². The van der Waals surface area contributed by atoms with Crippen LogP contribution < -0.4 is 11.2 Å². The molecular weight excluding hydrogens is 410 g/mol. The number of carbonyl (C=O) groups excluding carboxylic acids is 1. The molecule has 3 aromatic heterocycles. The van der Waals surface area contributed by atoms with Gasteiger partial charge in [0.25, 0.3) is 5.56 Å². The number of hydrogen-bond donors (Lipinski definition) is 0. The lowest BCUT2D eigenvalue weighted by molar-refractivity contribution is -0.132. The van der Waals surface area contributed by atoms with Crippen LogP contribution in [-0.2, 0) is 38.5 Å². The molecule has 10 nitrogen and oxygen atoms in total. The third-order valence-corrected chi connectivity index (χ3v) is 5.96. The summed E-state index contributed by atoms with van der Waals surface area (Å²) in [5, 5.41) is 4.72. The summed E-state index contributed by atoms with van der Waals surface area (Å²) in [6.45, 7) is 1.76. The predicted molar refractivity (Wildman–Crippen MR) is 118 cm³/mol. The second kappa shape index (κ2) is 7.63. The number of amides is 1. The highest BCUT2D eigenvalue weighted by Gasteiger charge is 2.23. The maximum atomic E-state index is 13.2. The summed E-state index contributed by atoms with van der Waals surface area (Å²) in [4.78, 5) is 43.9. The van der Waals surface area contributed by atoms with Gasteiger partial charge in [-0.15, -0.1) is 0 Å². The number of benzene rings is 1. The van der Waals surface area contributed by atoms with Gasteiger partial charge >= 0.3 is 5.69 Å². The normalized spacial score (nSPS) is 13.9. The number of carbonyl (C=O) groups is 1. The van der Waals surface area contributed by atoms with Crippen molar-refractivity contribution in [3.05, 3.63) is 69.3 Å². The second-order valence-corrected chi connectivity index (χ2v) is 8.03. The van der Waals surface area contributed by atoms with Crippen LogP contribution in [-0.4, -0.2) is 45.8 Å². The van der Waals surface area contributed by atoms with Gasteiger partial charge in [0.15, 0.2) is 11.2 Å². The van der Waals surface area contributed by atoms with Crippen molar-refractivity contribution in [1.29, 1.82) is 0 Å². The molecule has 4 aromatic rings. The van der Waals surface area contributed by atoms with Crippen molar-refractivity contribution in [3.8, 4) is 11.3 Å². The monoisotopic (exact) mass is 433 g/mol. The van der Waals surface area contributed by atoms with Crippen molar-refractivity contribution in [3.63, 3.8) is 0 Å². The van der Waals surface area contributed by atoms with Crippen LogP contribution in [0.15, 0.2) is 52.3 Å². The van der Waals surface area contributed by atoms with Gasteiger partial charge in [0.1, 0.15) is 6.54 Å². The Hall–Kier alpha value is -3.95. The summed E-state index contributed by atoms with van der Waals surface area (Å²) in [6, 6.07) is 12.0. The lowest BCUT2D eigenvalue weighted by Gasteiger charge is -2.20. The topological polar surface area (TPSA) is 99.9 Å². The standard InChI is InChI=1S/C22H23N7O3/c1-25-20-19(21(31)26(2)22(25)32)28(14-23-20)13-18(30)27-9-6-10-29-16(12-27)11-17(24-29)15-7-4-3-5-8-15/h3-5,7-8,11,14H,6,9-10,12-13H2,1-2H3. The zero-order chi connectivity index (χ0) is 22.4. The van der Waals surface area contributed by atoms with E-state index in [0.717, 1.165) is 34.5 Å². The minimum absolute atomic E-state index is 0.0242. The summed E-state index contributed by atoms with van der Waals surface area (Å²) >= 11 is 0. The number of nitrogens with zero attached hydrogens (tertiary/aromatic N) is 7. The van der Waals surface area contributed by atoms with Gasteiger partial charge in [0, 0.05) is 32.7 Å². The average molecular weight is 433 g/mol. The number of aromatic nitrogens is 6. The van der Waals surface area contributed by atoms with Crippen LogP contribution in [0.2, 0.25) is 0 Å². The maximum Gasteiger partial charge on any atom is 0.332 e. The SMILES string of the molecule is Cn1c(=O)c2c(ncn2CC(=O)N2CCCn3nc(-c4ccccc4)cc3C2)n(C)c1=O. The Balaban J connectivity index is 1.42. The first-order valence-corrected chi connectivity index (χ1v) is 10.4. The lowest BCUT2D eigenvalue weighted by atomic mass is 10.1. The van der Waals surface area contributed by atoms with Gasteiger partial charge in [-0.25, -0.2) is 9.78 Å². The van der Waals surface area contributed by atoms with E-state index in [1.807, 2.05) is 41.1 Å². The van der Waals surface area contributed by atoms with Crippen LogP contribution in [0, 0.1) is 0 Å². The molecule has 32 heavy (non-hydrogen) atoms. The highest BCUT2D eigenvalue weighted by Crippen LogP contribution is 2.22. The molecule has 0 N–H and O–H groups in total. The first kappa shape index (κ1) is 20.0. The van der Waals surface area contributed by atoms with Crippen molar-refractivity contribution in [2.75, 3.05) is 6.54 Å². The van der Waals surface area contributed by atoms with E-state index in [2.05, 4.69) is 4.98 Å². The molecule has 1 aliphatic heterocycles. The fraction of sp³-hybridized carbons (Fsp3) is 0.318. The minimum Gasteiger partial charge on any atom is -0.335 e. The third-order valence-electron chi connectivity index (χ3n) is 5.96. The lowest BCUT2D eigenvalue weighted by Crippen LogP contribution is -2.38. The molecule has 1 aliphatic rings. The van der Waals surface area contributed by atoms with Gasteiger partial charge in [0.05, 0.1) is 24.3 Å². The van der Waals surface area contributed by atoms with Crippen molar-refractivity contribution in [1.82, 2.24) is 33.4 Å². The van der Waals surface area contributed by atoms with Gasteiger partial charge in [0.2, 0.25) is 5.91 Å². The molecule has 0 saturated carbocycles. The van der Waals surface area contributed by atoms with Gasteiger partial charge in [-0.1, -0.05) is 30.3 Å². The van der Waals surface area contributed by atoms with Gasteiger partial charge in [-0.3, -0.25) is 23.4 Å². The molecule has 1 aromatic carbocycles. The molecule has 0 unspecified atom stereocenters. The molecule has 10 heteroatoms. The fourth-order valence-electron chi connectivity index (χ4n) is 4.19. The highest BCUT2D eigenvalue weighted by atomic mass is 16.2. The second-order valence-electron chi connectivity index (χ2n) is 8.03. The molecule has 0 atom stereocenters. The van der Waals surface area contributed by atoms with E-state index >= 15 is 0 Å². The summed E-state index contributed by atoms with van der Waals surface area (Å²) < 4.78 is 5.83. The van der Waals surface area contributed by atoms with Crippen molar-refractivity contribution in [2.45, 2.75) is 26.1 Å². The smallest absolute Gasteiger partial charge is 0.332 e. The van der Waals surface area contributed by atoms with E-state index in [1.165, 1.54) is 22.5 Å². The number of fused-ring (bicyclic) bond motifs is 2. The van der Waals surface area contributed by atoms with E-state index in [1.54, 1.807) is 11.9 Å². The molecule has 0 saturated heterocycles. The van der Waals surface area contributed by atoms with Crippen LogP contribution in [0.3, 0.4) is 0 Å². The molecule has 0 bridgehead atoms. The molecule has 4 heterocycles. The molecule has 0 aliphatic carbocycles. The molecular formula is C22H23N7O3. The number of aryl methyl sites for hydroxylation is 2. The Kier molecular flexibility index (Phi) is 4.76. The zero-order valence-electron chi connectivity index (χ0n) is 17.9. The van der Waals surface area contributed by atoms with Crippen LogP contribution in [0.1, 0.15) is 12.1 Å². The summed E-state index contributed by atoms with van der Waals surface area (Å²) in [6.07, 6.45) is 2.23. The van der Waals surface area contributed by atoms with Gasteiger partial charge in [-0.05, 0) is 12.5 Å². The molecule has 0 radical (unpaired) electrons. The quantitative estimate of drug-likeness (QED) is 0.474. The summed E-state index contributed by atoms with van der Waals surface area (Å²) in [7, 11) is 2.98. The number of hydrogen-bond acceptors (Lipinski definition) is 5. The van der Waals surface area contributed by atoms with Gasteiger partial charge in [-0.2, -0.15) is 5.10 Å². The Labute approximate surface area is 182 Å². The molecule has 0 fully saturated rings. The van der Waals surface area contributed by atoms with Crippen LogP contribution in [0.4, 0.5) is 0 Å². The first-order chi connectivity index (χ1) is 15.4. The van der Waals surface area contributed by atoms with E-state index in [4.69, 9.17) is 5.10 Å². The fourth-order valence-corrected chi connectivity index (χ4v) is 4.19. The van der Waals surface area contributed by atoms with E-state index in [0.29, 0.717) is 13.1 Å². The molecule has 164 valence electrons. The summed E-state index contributed by atoms with van der Waals surface area (Å²) in [5.41, 5.74) is 2.51. The predicted octanol–water partition coefficient (Wildman–Crippen LogP) is 0.730. The Morgan fingerprint density at radius 1 is 1.06 bits per heavy atom. The Bertz CT molecular complexity index is 1440. The van der Waals surface area contributed by atoms with E-state index in [9.17, 15) is 14.4 Å². The van der Waals surface area contributed by atoms with Crippen molar-refractivity contribution in [2.24, 2.45) is 14.1 Å². The van der Waals surface area contributed by atoms with Crippen LogP contribution in [0.25, 0.3) is 22.4 Å². The largest absolute Gasteiger partial charge is 0.335 e. The number of rotatable bonds is 3. The Morgan fingerprint density at radius 2 is 1.84 bits per heavy atom. The summed E-state index contributed by atoms with van der Waals surface area (Å²) in [5.74, 6) is -0.115. The molecule has 0 spiro atoms. The maximum absolute atomic E-state index is 13.2. The van der Waals surface area contributed by atoms with Crippen LogP contribution in [0.5, 0.6) is 0 Å². The third kappa shape index (κ3) is 3.24. The van der Waals surface area contributed by atoms with E-state index in [-0.39, 0.29) is 23.6 Å².